The second-order valence-electron chi connectivity index (χ2n) is 2.22. The van der Waals surface area contributed by atoms with Gasteiger partial charge in [-0.15, -0.1) is 0 Å². The van der Waals surface area contributed by atoms with Crippen molar-refractivity contribution in [2.24, 2.45) is 10.7 Å². The first-order chi connectivity index (χ1) is 4.59. The van der Waals surface area contributed by atoms with Gasteiger partial charge in [0.15, 0.2) is 0 Å². The van der Waals surface area contributed by atoms with Gasteiger partial charge < -0.3 is 10.6 Å². The lowest BCUT2D eigenvalue weighted by Gasteiger charge is -2.14. The van der Waals surface area contributed by atoms with Gasteiger partial charge in [-0.25, -0.2) is 0 Å². The molecular weight excluding hydrogens is 126 g/mol. The van der Waals surface area contributed by atoms with Crippen molar-refractivity contribution in [3.05, 3.63) is 12.3 Å². The van der Waals surface area contributed by atoms with E-state index in [4.69, 9.17) is 5.73 Å². The zero-order valence-electron chi connectivity index (χ0n) is 6.89. The highest BCUT2D eigenvalue weighted by molar-refractivity contribution is 5.96. The topological polar surface area (TPSA) is 41.6 Å². The Balaban J connectivity index is 4.27. The maximum atomic E-state index is 5.46. The summed E-state index contributed by atoms with van der Waals surface area (Å²) >= 11 is 0. The van der Waals surface area contributed by atoms with Crippen molar-refractivity contribution in [1.82, 2.24) is 4.90 Å². The number of hydrogen-bond acceptors (Lipinski definition) is 2. The lowest BCUT2D eigenvalue weighted by Crippen LogP contribution is -2.27. The second kappa shape index (κ2) is 3.93. The second-order valence-corrected chi connectivity index (χ2v) is 2.22. The Hall–Kier alpha value is -0.990. The van der Waals surface area contributed by atoms with E-state index >= 15 is 0 Å². The fourth-order valence-corrected chi connectivity index (χ4v) is 0.680. The van der Waals surface area contributed by atoms with Crippen molar-refractivity contribution < 1.29 is 0 Å². The number of amidine groups is 1. The first-order valence-electron chi connectivity index (χ1n) is 3.26. The summed E-state index contributed by atoms with van der Waals surface area (Å²) in [4.78, 5) is 5.99. The predicted octanol–water partition coefficient (Wildman–Crippen LogP) is 0.439. The van der Waals surface area contributed by atoms with Gasteiger partial charge in [0.2, 0.25) is 0 Å². The molecule has 0 fully saturated rings. The van der Waals surface area contributed by atoms with Crippen molar-refractivity contribution in [1.29, 1.82) is 0 Å². The van der Waals surface area contributed by atoms with Crippen molar-refractivity contribution in [3.8, 4) is 0 Å². The van der Waals surface area contributed by atoms with Gasteiger partial charge in [0, 0.05) is 20.6 Å². The third-order valence-electron chi connectivity index (χ3n) is 1.02. The fraction of sp³-hybridized carbons (Fsp3) is 0.571. The molecular formula is C7H15N3. The van der Waals surface area contributed by atoms with Crippen LogP contribution in [0.4, 0.5) is 0 Å². The van der Waals surface area contributed by atoms with Crippen LogP contribution < -0.4 is 5.73 Å². The third kappa shape index (κ3) is 2.53. The van der Waals surface area contributed by atoms with Crippen LogP contribution in [0.15, 0.2) is 17.3 Å². The summed E-state index contributed by atoms with van der Waals surface area (Å²) in [6, 6.07) is 0. The normalized spacial score (nSPS) is 11.3. The van der Waals surface area contributed by atoms with E-state index in [1.165, 1.54) is 0 Å². The number of hydrogen-bond donors (Lipinski definition) is 1. The van der Waals surface area contributed by atoms with Crippen LogP contribution in [0.2, 0.25) is 0 Å². The van der Waals surface area contributed by atoms with Gasteiger partial charge in [-0.3, -0.25) is 4.99 Å². The van der Waals surface area contributed by atoms with E-state index < -0.39 is 0 Å². The van der Waals surface area contributed by atoms with E-state index in [0.29, 0.717) is 5.70 Å². The van der Waals surface area contributed by atoms with E-state index in [0.717, 1.165) is 12.4 Å². The first kappa shape index (κ1) is 9.01. The van der Waals surface area contributed by atoms with Gasteiger partial charge in [0.05, 0.1) is 5.70 Å². The van der Waals surface area contributed by atoms with Crippen molar-refractivity contribution in [2.75, 3.05) is 20.6 Å². The van der Waals surface area contributed by atoms with E-state index in [1.807, 2.05) is 25.9 Å². The van der Waals surface area contributed by atoms with Crippen LogP contribution in [0, 0.1) is 0 Å². The van der Waals surface area contributed by atoms with Gasteiger partial charge >= 0.3 is 0 Å². The highest BCUT2D eigenvalue weighted by Gasteiger charge is 2.00. The van der Waals surface area contributed by atoms with Crippen LogP contribution in [0.25, 0.3) is 0 Å². The molecule has 10 heavy (non-hydrogen) atoms. The van der Waals surface area contributed by atoms with Gasteiger partial charge in [-0.2, -0.15) is 0 Å². The van der Waals surface area contributed by atoms with E-state index in [1.54, 1.807) is 0 Å². The molecule has 0 aromatic carbocycles. The predicted molar refractivity (Wildman–Crippen MR) is 45.0 cm³/mol. The van der Waals surface area contributed by atoms with Crippen LogP contribution in [0.5, 0.6) is 0 Å². The Kier molecular flexibility index (Phi) is 3.54. The fourth-order valence-electron chi connectivity index (χ4n) is 0.680. The molecule has 3 nitrogen and oxygen atoms in total. The molecule has 0 spiro atoms. The van der Waals surface area contributed by atoms with Crippen molar-refractivity contribution in [2.45, 2.75) is 6.92 Å². The number of nitrogens with zero attached hydrogens (tertiary/aromatic N) is 2. The average molecular weight is 141 g/mol. The van der Waals surface area contributed by atoms with Crippen molar-refractivity contribution >= 4 is 5.84 Å². The third-order valence-corrected chi connectivity index (χ3v) is 1.02. The molecule has 0 aliphatic carbocycles. The van der Waals surface area contributed by atoms with Gasteiger partial charge in [0.1, 0.15) is 5.84 Å². The molecule has 0 radical (unpaired) electrons. The molecule has 0 amide bonds. The van der Waals surface area contributed by atoms with E-state index in [-0.39, 0.29) is 0 Å². The molecule has 0 bridgehead atoms. The highest BCUT2D eigenvalue weighted by atomic mass is 15.1. The molecule has 0 rings (SSSR count). The lowest BCUT2D eigenvalue weighted by atomic mass is 10.4. The summed E-state index contributed by atoms with van der Waals surface area (Å²) in [6.07, 6.45) is 0. The number of nitrogens with two attached hydrogens (primary N) is 1. The number of rotatable bonds is 2. The number of aliphatic imine (C=N–C) groups is 1. The van der Waals surface area contributed by atoms with Crippen LogP contribution in [0.3, 0.4) is 0 Å². The van der Waals surface area contributed by atoms with Crippen LogP contribution in [0.1, 0.15) is 6.92 Å². The molecule has 0 heterocycles. The summed E-state index contributed by atoms with van der Waals surface area (Å²) < 4.78 is 0. The summed E-state index contributed by atoms with van der Waals surface area (Å²) in [5.74, 6) is 0.766. The smallest absolute Gasteiger partial charge is 0.145 e. The van der Waals surface area contributed by atoms with Gasteiger partial charge in [-0.05, 0) is 6.92 Å². The largest absolute Gasteiger partial charge is 0.396 e. The highest BCUT2D eigenvalue weighted by Crippen LogP contribution is 1.90. The standard InChI is InChI=1S/C7H15N3/c1-5-9-7(6(2)8)10(3)4/h2,5,8H2,1,3-4H3. The molecule has 0 unspecified atom stereocenters. The zero-order chi connectivity index (χ0) is 8.15. The van der Waals surface area contributed by atoms with E-state index in [9.17, 15) is 0 Å². The minimum absolute atomic E-state index is 0.520. The Morgan fingerprint density at radius 3 is 2.20 bits per heavy atom. The van der Waals surface area contributed by atoms with Crippen LogP contribution in [-0.2, 0) is 0 Å². The molecule has 0 aromatic heterocycles. The minimum atomic E-state index is 0.520. The van der Waals surface area contributed by atoms with Crippen LogP contribution in [-0.4, -0.2) is 31.4 Å². The van der Waals surface area contributed by atoms with Gasteiger partial charge in [-0.1, -0.05) is 6.58 Å². The molecule has 2 N–H and O–H groups in total. The van der Waals surface area contributed by atoms with Crippen molar-refractivity contribution in [3.63, 3.8) is 0 Å². The summed E-state index contributed by atoms with van der Waals surface area (Å²) in [5.41, 5.74) is 5.98. The summed E-state index contributed by atoms with van der Waals surface area (Å²) in [7, 11) is 3.79. The zero-order valence-corrected chi connectivity index (χ0v) is 6.89. The van der Waals surface area contributed by atoms with Crippen LogP contribution >= 0.6 is 0 Å². The summed E-state index contributed by atoms with van der Waals surface area (Å²) in [5, 5.41) is 0. The monoisotopic (exact) mass is 141 g/mol. The van der Waals surface area contributed by atoms with Gasteiger partial charge in [0.25, 0.3) is 0 Å². The Morgan fingerprint density at radius 2 is 2.10 bits per heavy atom. The molecule has 0 aliphatic rings. The Bertz CT molecular complexity index is 147. The lowest BCUT2D eigenvalue weighted by molar-refractivity contribution is 0.617. The molecule has 0 aromatic rings. The molecule has 0 saturated carbocycles. The SMILES string of the molecule is C=C(N)C(=NCC)N(C)C. The molecule has 0 aliphatic heterocycles. The van der Waals surface area contributed by atoms with E-state index in [2.05, 4.69) is 11.6 Å². The molecule has 0 saturated heterocycles. The minimum Gasteiger partial charge on any atom is -0.396 e. The Morgan fingerprint density at radius 1 is 1.60 bits per heavy atom. The average Bonchev–Trinajstić information content (AvgIpc) is 1.81. The molecule has 3 heteroatoms. The number of likely N-dealkylation sites (N-methyl/N-ethyl adjacent to an activating group) is 1. The maximum absolute atomic E-state index is 5.46. The molecule has 58 valence electrons. The maximum Gasteiger partial charge on any atom is 0.145 e. The Labute approximate surface area is 62.2 Å². The first-order valence-corrected chi connectivity index (χ1v) is 3.26. The molecule has 0 atom stereocenters. The summed E-state index contributed by atoms with van der Waals surface area (Å²) in [6.45, 7) is 6.31. The quantitative estimate of drug-likeness (QED) is 0.448.